The highest BCUT2D eigenvalue weighted by Crippen LogP contribution is 2.28. The highest BCUT2D eigenvalue weighted by Gasteiger charge is 2.30. The van der Waals surface area contributed by atoms with Crippen LogP contribution in [-0.2, 0) is 4.74 Å². The van der Waals surface area contributed by atoms with E-state index in [9.17, 15) is 4.79 Å². The Hall–Kier alpha value is -0.770. The van der Waals surface area contributed by atoms with E-state index in [1.54, 1.807) is 0 Å². The number of hydrogen-bond acceptors (Lipinski definition) is 3. The largest absolute Gasteiger partial charge is 0.444 e. The molecule has 2 unspecified atom stereocenters. The first-order chi connectivity index (χ1) is 9.50. The van der Waals surface area contributed by atoms with E-state index >= 15 is 0 Å². The first-order valence-electron chi connectivity index (χ1n) is 8.25. The second-order valence-corrected chi connectivity index (χ2v) is 8.30. The molecule has 0 bridgehead atoms. The van der Waals surface area contributed by atoms with Gasteiger partial charge in [0.2, 0.25) is 0 Å². The van der Waals surface area contributed by atoms with Crippen LogP contribution in [0.3, 0.4) is 0 Å². The molecule has 4 nitrogen and oxygen atoms in total. The van der Waals surface area contributed by atoms with Gasteiger partial charge in [0.25, 0.3) is 0 Å². The first-order valence-corrected chi connectivity index (χ1v) is 8.25. The van der Waals surface area contributed by atoms with Crippen LogP contribution in [0.5, 0.6) is 0 Å². The molecule has 0 aromatic carbocycles. The third-order valence-corrected chi connectivity index (χ3v) is 4.16. The lowest BCUT2D eigenvalue weighted by Crippen LogP contribution is -2.55. The summed E-state index contributed by atoms with van der Waals surface area (Å²) in [5, 5.41) is 6.62. The zero-order chi connectivity index (χ0) is 16.3. The van der Waals surface area contributed by atoms with Crippen molar-refractivity contribution in [2.75, 3.05) is 6.54 Å². The van der Waals surface area contributed by atoms with Crippen LogP contribution in [0.15, 0.2) is 0 Å². The zero-order valence-corrected chi connectivity index (χ0v) is 14.9. The van der Waals surface area contributed by atoms with Crippen molar-refractivity contribution in [2.24, 2.45) is 11.8 Å². The maximum absolute atomic E-state index is 11.9. The van der Waals surface area contributed by atoms with Crippen molar-refractivity contribution >= 4 is 6.09 Å². The van der Waals surface area contributed by atoms with Crippen molar-refractivity contribution in [2.45, 2.75) is 84.9 Å². The van der Waals surface area contributed by atoms with E-state index in [-0.39, 0.29) is 11.6 Å². The third kappa shape index (κ3) is 6.68. The summed E-state index contributed by atoms with van der Waals surface area (Å²) in [6.07, 6.45) is 3.57. The number of amides is 1. The van der Waals surface area contributed by atoms with Crippen molar-refractivity contribution in [1.29, 1.82) is 0 Å². The van der Waals surface area contributed by atoms with Crippen LogP contribution in [0.1, 0.15) is 67.7 Å². The lowest BCUT2D eigenvalue weighted by atomic mass is 9.78. The average molecular weight is 298 g/mol. The van der Waals surface area contributed by atoms with Crippen LogP contribution >= 0.6 is 0 Å². The number of alkyl carbamates (subject to hydrolysis) is 1. The molecule has 0 heterocycles. The predicted octanol–water partition coefficient (Wildman–Crippen LogP) is 3.70. The van der Waals surface area contributed by atoms with E-state index < -0.39 is 5.60 Å². The van der Waals surface area contributed by atoms with Gasteiger partial charge in [-0.05, 0) is 59.3 Å². The molecule has 1 aliphatic carbocycles. The van der Waals surface area contributed by atoms with Gasteiger partial charge in [-0.1, -0.05) is 20.3 Å². The van der Waals surface area contributed by atoms with Crippen molar-refractivity contribution in [3.8, 4) is 0 Å². The average Bonchev–Trinajstić information content (AvgIpc) is 2.24. The minimum atomic E-state index is -0.458. The Bertz CT molecular complexity index is 337. The second-order valence-electron chi connectivity index (χ2n) is 8.30. The molecule has 0 saturated heterocycles. The summed E-state index contributed by atoms with van der Waals surface area (Å²) in [5.74, 6) is 1.40. The Morgan fingerprint density at radius 3 is 2.10 bits per heavy atom. The Kier molecular flexibility index (Phi) is 6.09. The Balaban J connectivity index is 2.46. The van der Waals surface area contributed by atoms with Gasteiger partial charge in [-0.15, -0.1) is 0 Å². The molecule has 21 heavy (non-hydrogen) atoms. The molecule has 1 rings (SSSR count). The summed E-state index contributed by atoms with van der Waals surface area (Å²) >= 11 is 0. The maximum Gasteiger partial charge on any atom is 0.408 e. The van der Waals surface area contributed by atoms with Crippen LogP contribution in [0.2, 0.25) is 0 Å². The molecule has 1 amide bonds. The summed E-state index contributed by atoms with van der Waals surface area (Å²) in [6, 6.07) is 0.540. The zero-order valence-electron chi connectivity index (χ0n) is 14.9. The van der Waals surface area contributed by atoms with E-state index in [0.29, 0.717) is 17.9 Å². The molecule has 0 spiro atoms. The molecule has 0 radical (unpaired) electrons. The summed E-state index contributed by atoms with van der Waals surface area (Å²) in [7, 11) is 0. The molecular weight excluding hydrogens is 264 g/mol. The lowest BCUT2D eigenvalue weighted by molar-refractivity contribution is 0.0467. The standard InChI is InChI=1S/C17H34N2O2/c1-12-9-8-10-13(2)14(12)18-11-17(6,7)19-15(20)21-16(3,4)5/h12-14,18H,8-11H2,1-7H3,(H,19,20). The second kappa shape index (κ2) is 6.99. The van der Waals surface area contributed by atoms with E-state index in [4.69, 9.17) is 4.74 Å². The van der Waals surface area contributed by atoms with Gasteiger partial charge >= 0.3 is 6.09 Å². The van der Waals surface area contributed by atoms with Crippen molar-refractivity contribution in [3.05, 3.63) is 0 Å². The van der Waals surface area contributed by atoms with Gasteiger partial charge in [0, 0.05) is 12.6 Å². The topological polar surface area (TPSA) is 50.4 Å². The fourth-order valence-electron chi connectivity index (χ4n) is 3.08. The van der Waals surface area contributed by atoms with Crippen LogP contribution < -0.4 is 10.6 Å². The third-order valence-electron chi connectivity index (χ3n) is 4.16. The summed E-state index contributed by atoms with van der Waals surface area (Å²) in [5.41, 5.74) is -0.779. The molecular formula is C17H34N2O2. The summed E-state index contributed by atoms with van der Waals surface area (Å²) in [6.45, 7) is 15.1. The molecule has 0 aromatic rings. The molecule has 2 N–H and O–H groups in total. The molecule has 1 fully saturated rings. The minimum absolute atomic E-state index is 0.320. The number of carbonyl (C=O) groups is 1. The van der Waals surface area contributed by atoms with Crippen molar-refractivity contribution < 1.29 is 9.53 Å². The van der Waals surface area contributed by atoms with Gasteiger partial charge < -0.3 is 15.4 Å². The number of carbonyl (C=O) groups excluding carboxylic acids is 1. The van der Waals surface area contributed by atoms with Gasteiger partial charge in [0.1, 0.15) is 5.60 Å². The van der Waals surface area contributed by atoms with E-state index in [2.05, 4.69) is 24.5 Å². The fourth-order valence-corrected chi connectivity index (χ4v) is 3.08. The highest BCUT2D eigenvalue weighted by atomic mass is 16.6. The van der Waals surface area contributed by atoms with Gasteiger partial charge in [-0.3, -0.25) is 0 Å². The van der Waals surface area contributed by atoms with Crippen LogP contribution in [-0.4, -0.2) is 29.8 Å². The van der Waals surface area contributed by atoms with E-state index in [1.807, 2.05) is 34.6 Å². The molecule has 0 aromatic heterocycles. The Morgan fingerprint density at radius 2 is 1.62 bits per heavy atom. The number of ether oxygens (including phenoxy) is 1. The Morgan fingerprint density at radius 1 is 1.10 bits per heavy atom. The summed E-state index contributed by atoms with van der Waals surface area (Å²) in [4.78, 5) is 11.9. The quantitative estimate of drug-likeness (QED) is 0.832. The van der Waals surface area contributed by atoms with Crippen LogP contribution in [0.25, 0.3) is 0 Å². The van der Waals surface area contributed by atoms with Crippen molar-refractivity contribution in [1.82, 2.24) is 10.6 Å². The first kappa shape index (κ1) is 18.3. The highest BCUT2D eigenvalue weighted by molar-refractivity contribution is 5.68. The van der Waals surface area contributed by atoms with Crippen LogP contribution in [0.4, 0.5) is 4.79 Å². The predicted molar refractivity (Wildman–Crippen MR) is 87.4 cm³/mol. The number of nitrogens with one attached hydrogen (secondary N) is 2. The molecule has 2 atom stereocenters. The molecule has 1 aliphatic rings. The number of hydrogen-bond donors (Lipinski definition) is 2. The molecule has 0 aliphatic heterocycles. The van der Waals surface area contributed by atoms with Gasteiger partial charge in [-0.25, -0.2) is 4.79 Å². The van der Waals surface area contributed by atoms with E-state index in [0.717, 1.165) is 6.54 Å². The van der Waals surface area contributed by atoms with E-state index in [1.165, 1.54) is 19.3 Å². The summed E-state index contributed by atoms with van der Waals surface area (Å²) < 4.78 is 5.33. The fraction of sp³-hybridized carbons (Fsp3) is 0.941. The maximum atomic E-state index is 11.9. The number of rotatable bonds is 4. The lowest BCUT2D eigenvalue weighted by Gasteiger charge is -2.38. The monoisotopic (exact) mass is 298 g/mol. The van der Waals surface area contributed by atoms with Crippen molar-refractivity contribution in [3.63, 3.8) is 0 Å². The molecule has 124 valence electrons. The minimum Gasteiger partial charge on any atom is -0.444 e. The Labute approximate surface area is 130 Å². The van der Waals surface area contributed by atoms with Crippen LogP contribution in [0, 0.1) is 11.8 Å². The smallest absolute Gasteiger partial charge is 0.408 e. The normalized spacial score (nSPS) is 27.3. The molecule has 1 saturated carbocycles. The molecule has 4 heteroatoms. The van der Waals surface area contributed by atoms with Gasteiger partial charge in [0.15, 0.2) is 0 Å². The van der Waals surface area contributed by atoms with Gasteiger partial charge in [0.05, 0.1) is 5.54 Å². The SMILES string of the molecule is CC1CCCC(C)C1NCC(C)(C)NC(=O)OC(C)(C)C. The van der Waals surface area contributed by atoms with Gasteiger partial charge in [-0.2, -0.15) is 0 Å².